The Kier molecular flexibility index (Phi) is 7.43. The van der Waals surface area contributed by atoms with Crippen LogP contribution < -0.4 is 5.73 Å². The van der Waals surface area contributed by atoms with E-state index in [0.717, 1.165) is 66.8 Å². The molecule has 10 heteroatoms. The van der Waals surface area contributed by atoms with Gasteiger partial charge < -0.3 is 24.7 Å². The predicted octanol–water partition coefficient (Wildman–Crippen LogP) is 5.96. The van der Waals surface area contributed by atoms with Crippen LogP contribution in [0.2, 0.25) is 25.7 Å². The molecule has 0 saturated heterocycles. The molecule has 3 aliphatic rings. The molecule has 4 heterocycles. The van der Waals surface area contributed by atoms with E-state index in [0.29, 0.717) is 48.5 Å². The first-order valence-corrected chi connectivity index (χ1v) is 18.3. The average molecular weight is 566 g/mol. The average Bonchev–Trinajstić information content (AvgIpc) is 3.27. The highest BCUT2D eigenvalue weighted by atomic mass is 28.3. The van der Waals surface area contributed by atoms with E-state index < -0.39 is 8.07 Å². The first-order chi connectivity index (χ1) is 19.2. The van der Waals surface area contributed by atoms with Crippen molar-refractivity contribution < 1.29 is 18.7 Å². The largest absolute Gasteiger partial charge is 0.383 e. The second kappa shape index (κ2) is 10.9. The molecule has 2 aliphatic carbocycles. The van der Waals surface area contributed by atoms with Gasteiger partial charge in [0.05, 0.1) is 36.5 Å². The van der Waals surface area contributed by atoms with Crippen LogP contribution in [0.4, 0.5) is 10.2 Å². The summed E-state index contributed by atoms with van der Waals surface area (Å²) in [6.45, 7) is 8.76. The van der Waals surface area contributed by atoms with Gasteiger partial charge in [-0.25, -0.2) is 9.37 Å². The summed E-state index contributed by atoms with van der Waals surface area (Å²) < 4.78 is 29.1. The highest BCUT2D eigenvalue weighted by Crippen LogP contribution is 2.40. The Balaban J connectivity index is 1.36. The summed E-state index contributed by atoms with van der Waals surface area (Å²) in [5.41, 5.74) is 11.4. The first kappa shape index (κ1) is 27.4. The smallest absolute Gasteiger partial charge is 0.271 e. The third-order valence-corrected chi connectivity index (χ3v) is 10.2. The van der Waals surface area contributed by atoms with Crippen molar-refractivity contribution in [3.63, 3.8) is 0 Å². The molecule has 8 nitrogen and oxygen atoms in total. The van der Waals surface area contributed by atoms with E-state index in [1.807, 2.05) is 15.5 Å². The summed E-state index contributed by atoms with van der Waals surface area (Å²) in [4.78, 5) is 25.4. The van der Waals surface area contributed by atoms with Crippen LogP contribution in [0.15, 0.2) is 18.3 Å². The number of nitrogens with zero attached hydrogens (tertiary/aromatic N) is 4. The molecular formula is C30H40FN5O3Si. The Hall–Kier alpha value is -2.82. The first-order valence-electron chi connectivity index (χ1n) is 14.6. The molecule has 2 N–H and O–H groups in total. The van der Waals surface area contributed by atoms with Crippen molar-refractivity contribution in [3.05, 3.63) is 52.2 Å². The molecule has 1 aliphatic heterocycles. The molecule has 40 heavy (non-hydrogen) atoms. The number of halogens is 1. The van der Waals surface area contributed by atoms with Gasteiger partial charge in [-0.2, -0.15) is 0 Å². The van der Waals surface area contributed by atoms with Crippen molar-refractivity contribution in [2.75, 3.05) is 12.3 Å². The number of ether oxygens (including phenoxy) is 2. The van der Waals surface area contributed by atoms with Gasteiger partial charge in [0.2, 0.25) is 0 Å². The van der Waals surface area contributed by atoms with Gasteiger partial charge in [-0.3, -0.25) is 9.78 Å². The Labute approximate surface area is 236 Å². The van der Waals surface area contributed by atoms with E-state index in [2.05, 4.69) is 29.6 Å². The number of aromatic nitrogens is 3. The molecule has 2 saturated carbocycles. The third kappa shape index (κ3) is 5.53. The molecular weight excluding hydrogens is 525 g/mol. The lowest BCUT2D eigenvalue weighted by Crippen LogP contribution is -2.40. The van der Waals surface area contributed by atoms with Crippen molar-refractivity contribution in [1.82, 2.24) is 19.4 Å². The van der Waals surface area contributed by atoms with Crippen LogP contribution >= 0.6 is 0 Å². The van der Waals surface area contributed by atoms with Crippen LogP contribution in [0.1, 0.15) is 77.3 Å². The monoisotopic (exact) mass is 565 g/mol. The fourth-order valence-electron chi connectivity index (χ4n) is 5.98. The van der Waals surface area contributed by atoms with Gasteiger partial charge in [0.1, 0.15) is 24.1 Å². The van der Waals surface area contributed by atoms with Gasteiger partial charge >= 0.3 is 0 Å². The molecule has 0 radical (unpaired) electrons. The molecule has 0 bridgehead atoms. The van der Waals surface area contributed by atoms with Gasteiger partial charge in [-0.15, -0.1) is 0 Å². The van der Waals surface area contributed by atoms with Crippen molar-refractivity contribution in [1.29, 1.82) is 0 Å². The van der Waals surface area contributed by atoms with Crippen molar-refractivity contribution in [2.24, 2.45) is 0 Å². The van der Waals surface area contributed by atoms with E-state index in [9.17, 15) is 4.79 Å². The maximum absolute atomic E-state index is 15.2. The maximum atomic E-state index is 15.2. The Morgan fingerprint density at radius 2 is 1.93 bits per heavy atom. The van der Waals surface area contributed by atoms with Crippen LogP contribution in [0.5, 0.6) is 0 Å². The summed E-state index contributed by atoms with van der Waals surface area (Å²) in [5, 5.41) is 0. The predicted molar refractivity (Wildman–Crippen MR) is 155 cm³/mol. The van der Waals surface area contributed by atoms with E-state index >= 15 is 4.39 Å². The van der Waals surface area contributed by atoms with Crippen LogP contribution in [-0.4, -0.2) is 46.1 Å². The van der Waals surface area contributed by atoms with Crippen LogP contribution in [-0.2, 0) is 36.0 Å². The molecule has 1 amide bonds. The lowest BCUT2D eigenvalue weighted by Gasteiger charge is -2.29. The maximum Gasteiger partial charge on any atom is 0.271 e. The number of pyridine rings is 2. The van der Waals surface area contributed by atoms with Gasteiger partial charge in [0, 0.05) is 38.0 Å². The van der Waals surface area contributed by atoms with Gasteiger partial charge in [0.15, 0.2) is 0 Å². The number of carbonyl (C=O) groups excluding carboxylic acids is 1. The molecule has 0 atom stereocenters. The third-order valence-electron chi connectivity index (χ3n) is 8.54. The van der Waals surface area contributed by atoms with Crippen molar-refractivity contribution in [2.45, 2.75) is 103 Å². The molecule has 3 aromatic rings. The summed E-state index contributed by atoms with van der Waals surface area (Å²) >= 11 is 0. The molecule has 214 valence electrons. The number of rotatable bonds is 10. The molecule has 0 unspecified atom stereocenters. The molecule has 6 rings (SSSR count). The number of hydrogen-bond acceptors (Lipinski definition) is 6. The molecule has 2 fully saturated rings. The van der Waals surface area contributed by atoms with Crippen molar-refractivity contribution >= 4 is 30.8 Å². The zero-order valence-electron chi connectivity index (χ0n) is 23.8. The molecule has 0 aromatic carbocycles. The van der Waals surface area contributed by atoms with E-state index in [1.54, 1.807) is 12.3 Å². The highest BCUT2D eigenvalue weighted by molar-refractivity contribution is 6.76. The van der Waals surface area contributed by atoms with Crippen molar-refractivity contribution in [3.8, 4) is 0 Å². The van der Waals surface area contributed by atoms with E-state index in [4.69, 9.17) is 15.2 Å². The summed E-state index contributed by atoms with van der Waals surface area (Å²) in [7, 11) is -1.29. The topological polar surface area (TPSA) is 95.5 Å². The quantitative estimate of drug-likeness (QED) is 0.241. The number of carbonyl (C=O) groups is 1. The number of anilines is 1. The normalized spacial score (nSPS) is 17.6. The number of nitrogen functional groups attached to an aromatic ring is 1. The summed E-state index contributed by atoms with van der Waals surface area (Å²) in [6, 6.07) is 4.48. The number of amides is 1. The lowest BCUT2D eigenvalue weighted by atomic mass is 10.1. The fourth-order valence-corrected chi connectivity index (χ4v) is 6.73. The standard InChI is InChI=1S/C30H40FN5O3Si/c1-40(2,3)11-10-38-18-36-27(13-25-28(36)22-16-39-17-23(22)29(32)34-25)30(37)35(21-6-4-5-7-21)15-26-24(31)12-20(14-33-26)19-8-9-19/h12-14,19,21H,4-11,15-18H2,1-3H3,(H2,32,34). The van der Waals surface area contributed by atoms with E-state index in [1.165, 1.54) is 0 Å². The second-order valence-electron chi connectivity index (χ2n) is 12.8. The zero-order valence-corrected chi connectivity index (χ0v) is 24.8. The number of hydrogen-bond donors (Lipinski definition) is 1. The number of fused-ring (bicyclic) bond motifs is 3. The Morgan fingerprint density at radius 1 is 1.18 bits per heavy atom. The Bertz CT molecular complexity index is 1430. The molecule has 3 aromatic heterocycles. The minimum atomic E-state index is -1.29. The van der Waals surface area contributed by atoms with Gasteiger partial charge in [-0.1, -0.05) is 32.5 Å². The SMILES string of the molecule is C[Si](C)(C)CCOCn1c(C(=O)N(Cc2ncc(C3CC3)cc2F)C2CCCC2)cc2nc(N)c3c(c21)COC3. The van der Waals surface area contributed by atoms with Gasteiger partial charge in [-0.05, 0) is 55.3 Å². The fraction of sp³-hybridized carbons (Fsp3) is 0.567. The molecule has 0 spiro atoms. The minimum absolute atomic E-state index is 0.0307. The van der Waals surface area contributed by atoms with E-state index in [-0.39, 0.29) is 31.0 Å². The van der Waals surface area contributed by atoms with Crippen LogP contribution in [0, 0.1) is 5.82 Å². The van der Waals surface area contributed by atoms with Crippen LogP contribution in [0.3, 0.4) is 0 Å². The highest BCUT2D eigenvalue weighted by Gasteiger charge is 2.33. The Morgan fingerprint density at radius 3 is 2.62 bits per heavy atom. The van der Waals surface area contributed by atoms with Crippen LogP contribution in [0.25, 0.3) is 11.0 Å². The number of nitrogens with two attached hydrogens (primary N) is 1. The zero-order chi connectivity index (χ0) is 28.0. The van der Waals surface area contributed by atoms with Gasteiger partial charge in [0.25, 0.3) is 5.91 Å². The summed E-state index contributed by atoms with van der Waals surface area (Å²) in [5.74, 6) is 0.369. The minimum Gasteiger partial charge on any atom is -0.383 e. The summed E-state index contributed by atoms with van der Waals surface area (Å²) in [6.07, 6.45) is 7.86. The second-order valence-corrected chi connectivity index (χ2v) is 18.5. The lowest BCUT2D eigenvalue weighted by molar-refractivity contribution is 0.0601.